The molecule has 4 nitrogen and oxygen atoms in total. The summed E-state index contributed by atoms with van der Waals surface area (Å²) in [5, 5.41) is 5.51. The first kappa shape index (κ1) is 15.7. The summed E-state index contributed by atoms with van der Waals surface area (Å²) in [6.07, 6.45) is 1.97. The van der Waals surface area contributed by atoms with Gasteiger partial charge in [0.2, 0.25) is 0 Å². The van der Waals surface area contributed by atoms with Gasteiger partial charge in [0.05, 0.1) is 18.2 Å². The van der Waals surface area contributed by atoms with E-state index in [2.05, 4.69) is 10.6 Å². The summed E-state index contributed by atoms with van der Waals surface area (Å²) in [4.78, 5) is 11.9. The SMILES string of the molecule is C[C@H](NC(=O)N[C@H](C)[C@@H]1CCCO1)c1ccc(F)c(F)c1. The van der Waals surface area contributed by atoms with E-state index in [1.807, 2.05) is 6.92 Å². The average molecular weight is 298 g/mol. The van der Waals surface area contributed by atoms with Crippen LogP contribution in [0.2, 0.25) is 0 Å². The average Bonchev–Trinajstić information content (AvgIpc) is 2.95. The smallest absolute Gasteiger partial charge is 0.315 e. The van der Waals surface area contributed by atoms with E-state index in [0.29, 0.717) is 5.56 Å². The van der Waals surface area contributed by atoms with Crippen molar-refractivity contribution >= 4 is 6.03 Å². The maximum absolute atomic E-state index is 13.2. The second kappa shape index (κ2) is 6.85. The van der Waals surface area contributed by atoms with E-state index in [4.69, 9.17) is 4.74 Å². The number of rotatable bonds is 4. The Bertz CT molecular complexity index is 504. The van der Waals surface area contributed by atoms with Gasteiger partial charge >= 0.3 is 6.03 Å². The van der Waals surface area contributed by atoms with Crippen molar-refractivity contribution in [2.45, 2.75) is 44.9 Å². The van der Waals surface area contributed by atoms with Crippen molar-refractivity contribution in [2.24, 2.45) is 0 Å². The van der Waals surface area contributed by atoms with Crippen molar-refractivity contribution in [3.05, 3.63) is 35.4 Å². The minimum Gasteiger partial charge on any atom is -0.376 e. The Morgan fingerprint density at radius 3 is 2.67 bits per heavy atom. The quantitative estimate of drug-likeness (QED) is 0.898. The summed E-state index contributed by atoms with van der Waals surface area (Å²) in [5.41, 5.74) is 0.508. The Morgan fingerprint density at radius 2 is 2.05 bits per heavy atom. The minimum absolute atomic E-state index is 0.0364. The van der Waals surface area contributed by atoms with Gasteiger partial charge in [0.25, 0.3) is 0 Å². The monoisotopic (exact) mass is 298 g/mol. The molecular formula is C15H20F2N2O2. The molecule has 1 heterocycles. The minimum atomic E-state index is -0.922. The standard InChI is InChI=1S/C15H20F2N2O2/c1-9(11-5-6-12(16)13(17)8-11)18-15(20)19-10(2)14-4-3-7-21-14/h5-6,8-10,14H,3-4,7H2,1-2H3,(H2,18,19,20)/t9-,10+,14-/m0/s1. The fourth-order valence-corrected chi connectivity index (χ4v) is 2.40. The molecule has 0 aliphatic carbocycles. The summed E-state index contributed by atoms with van der Waals surface area (Å²) in [5.74, 6) is -1.82. The highest BCUT2D eigenvalue weighted by atomic mass is 19.2. The second-order valence-electron chi connectivity index (χ2n) is 5.35. The lowest BCUT2D eigenvalue weighted by molar-refractivity contribution is 0.0859. The molecule has 0 spiro atoms. The second-order valence-corrected chi connectivity index (χ2v) is 5.35. The van der Waals surface area contributed by atoms with Gasteiger partial charge in [-0.05, 0) is 44.4 Å². The molecule has 1 aromatic carbocycles. The highest BCUT2D eigenvalue weighted by Gasteiger charge is 2.24. The molecule has 116 valence electrons. The number of amides is 2. The normalized spacial score (nSPS) is 20.9. The molecule has 0 radical (unpaired) electrons. The van der Waals surface area contributed by atoms with E-state index in [-0.39, 0.29) is 18.2 Å². The van der Waals surface area contributed by atoms with E-state index in [1.165, 1.54) is 6.07 Å². The molecule has 0 unspecified atom stereocenters. The Hall–Kier alpha value is -1.69. The van der Waals surface area contributed by atoms with Crippen LogP contribution in [0, 0.1) is 11.6 Å². The first-order valence-electron chi connectivity index (χ1n) is 7.11. The van der Waals surface area contributed by atoms with Gasteiger partial charge < -0.3 is 15.4 Å². The highest BCUT2D eigenvalue weighted by molar-refractivity contribution is 5.74. The number of ether oxygens (including phenoxy) is 1. The Labute approximate surface area is 122 Å². The van der Waals surface area contributed by atoms with Crippen LogP contribution in [0.4, 0.5) is 13.6 Å². The summed E-state index contributed by atoms with van der Waals surface area (Å²) in [7, 11) is 0. The van der Waals surface area contributed by atoms with E-state index in [1.54, 1.807) is 6.92 Å². The molecule has 2 amide bonds. The van der Waals surface area contributed by atoms with Gasteiger partial charge in [0.1, 0.15) is 0 Å². The fourth-order valence-electron chi connectivity index (χ4n) is 2.40. The van der Waals surface area contributed by atoms with Crippen LogP contribution in [0.15, 0.2) is 18.2 Å². The number of hydrogen-bond donors (Lipinski definition) is 2. The van der Waals surface area contributed by atoms with Crippen molar-refractivity contribution in [2.75, 3.05) is 6.61 Å². The van der Waals surface area contributed by atoms with Crippen LogP contribution in [0.1, 0.15) is 38.3 Å². The van der Waals surface area contributed by atoms with Gasteiger partial charge in [-0.15, -0.1) is 0 Å². The third kappa shape index (κ3) is 4.14. The molecule has 1 aliphatic rings. The predicted octanol–water partition coefficient (Wildman–Crippen LogP) is 2.89. The summed E-state index contributed by atoms with van der Waals surface area (Å²) in [6.45, 7) is 4.32. The molecular weight excluding hydrogens is 278 g/mol. The van der Waals surface area contributed by atoms with E-state index >= 15 is 0 Å². The lowest BCUT2D eigenvalue weighted by Gasteiger charge is -2.22. The zero-order chi connectivity index (χ0) is 15.4. The van der Waals surface area contributed by atoms with Crippen LogP contribution in [-0.4, -0.2) is 24.8 Å². The Balaban J connectivity index is 1.87. The molecule has 6 heteroatoms. The molecule has 0 aromatic heterocycles. The lowest BCUT2D eigenvalue weighted by Crippen LogP contribution is -2.46. The third-order valence-electron chi connectivity index (χ3n) is 3.67. The number of carbonyl (C=O) groups excluding carboxylic acids is 1. The van der Waals surface area contributed by atoms with Crippen molar-refractivity contribution < 1.29 is 18.3 Å². The van der Waals surface area contributed by atoms with E-state index in [0.717, 1.165) is 31.6 Å². The molecule has 1 saturated heterocycles. The van der Waals surface area contributed by atoms with Crippen LogP contribution in [0.5, 0.6) is 0 Å². The van der Waals surface area contributed by atoms with Crippen molar-refractivity contribution in [1.82, 2.24) is 10.6 Å². The Morgan fingerprint density at radius 1 is 1.29 bits per heavy atom. The van der Waals surface area contributed by atoms with Crippen molar-refractivity contribution in [3.63, 3.8) is 0 Å². The number of carbonyl (C=O) groups is 1. The van der Waals surface area contributed by atoms with Gasteiger partial charge in [-0.1, -0.05) is 6.07 Å². The third-order valence-corrected chi connectivity index (χ3v) is 3.67. The van der Waals surface area contributed by atoms with Gasteiger partial charge in [-0.3, -0.25) is 0 Å². The van der Waals surface area contributed by atoms with Crippen LogP contribution in [0.3, 0.4) is 0 Å². The predicted molar refractivity (Wildman–Crippen MR) is 74.9 cm³/mol. The van der Waals surface area contributed by atoms with Gasteiger partial charge in [0, 0.05) is 6.61 Å². The molecule has 0 bridgehead atoms. The number of nitrogens with one attached hydrogen (secondary N) is 2. The number of benzene rings is 1. The molecule has 1 fully saturated rings. The number of halogens is 2. The highest BCUT2D eigenvalue weighted by Crippen LogP contribution is 2.17. The van der Waals surface area contributed by atoms with Crippen LogP contribution >= 0.6 is 0 Å². The Kier molecular flexibility index (Phi) is 5.12. The first-order valence-corrected chi connectivity index (χ1v) is 7.11. The molecule has 1 aromatic rings. The first-order chi connectivity index (χ1) is 9.97. The number of hydrogen-bond acceptors (Lipinski definition) is 2. The van der Waals surface area contributed by atoms with E-state index < -0.39 is 17.7 Å². The molecule has 3 atom stereocenters. The van der Waals surface area contributed by atoms with Gasteiger partial charge in [-0.2, -0.15) is 0 Å². The van der Waals surface area contributed by atoms with Crippen molar-refractivity contribution in [1.29, 1.82) is 0 Å². The zero-order valence-corrected chi connectivity index (χ0v) is 12.2. The number of urea groups is 1. The maximum atomic E-state index is 13.2. The molecule has 0 saturated carbocycles. The topological polar surface area (TPSA) is 50.4 Å². The summed E-state index contributed by atoms with van der Waals surface area (Å²) in [6, 6.07) is 2.73. The molecule has 2 N–H and O–H groups in total. The lowest BCUT2D eigenvalue weighted by atomic mass is 10.1. The van der Waals surface area contributed by atoms with Crippen LogP contribution in [0.25, 0.3) is 0 Å². The van der Waals surface area contributed by atoms with Crippen LogP contribution in [-0.2, 0) is 4.74 Å². The van der Waals surface area contributed by atoms with Gasteiger partial charge in [-0.25, -0.2) is 13.6 Å². The molecule has 21 heavy (non-hydrogen) atoms. The molecule has 1 aliphatic heterocycles. The van der Waals surface area contributed by atoms with Crippen LogP contribution < -0.4 is 10.6 Å². The zero-order valence-electron chi connectivity index (χ0n) is 12.2. The van der Waals surface area contributed by atoms with Gasteiger partial charge in [0.15, 0.2) is 11.6 Å². The van der Waals surface area contributed by atoms with E-state index in [9.17, 15) is 13.6 Å². The fraction of sp³-hybridized carbons (Fsp3) is 0.533. The largest absolute Gasteiger partial charge is 0.376 e. The maximum Gasteiger partial charge on any atom is 0.315 e. The van der Waals surface area contributed by atoms with Crippen molar-refractivity contribution in [3.8, 4) is 0 Å². The summed E-state index contributed by atoms with van der Waals surface area (Å²) < 4.78 is 31.6. The summed E-state index contributed by atoms with van der Waals surface area (Å²) >= 11 is 0. The molecule has 2 rings (SSSR count).